The first kappa shape index (κ1) is 17.2. The lowest BCUT2D eigenvalue weighted by atomic mass is 9.48. The smallest absolute Gasteiger partial charge is 0.306 e. The normalized spacial score (nSPS) is 48.1. The Bertz CT molecular complexity index is 848. The summed E-state index contributed by atoms with van der Waals surface area (Å²) in [5.74, 6) is 0.664. The van der Waals surface area contributed by atoms with Crippen LogP contribution in [0.5, 0.6) is 0 Å². The summed E-state index contributed by atoms with van der Waals surface area (Å²) in [6.45, 7) is 4.57. The fraction of sp³-hybridized carbons (Fsp3) is 0.696. The number of rotatable bonds is 0. The van der Waals surface area contributed by atoms with E-state index >= 15 is 0 Å². The third kappa shape index (κ3) is 2.03. The van der Waals surface area contributed by atoms with Crippen LogP contribution in [0.15, 0.2) is 23.3 Å². The van der Waals surface area contributed by atoms with Crippen LogP contribution in [0.2, 0.25) is 0 Å². The molecule has 4 aliphatic carbocycles. The van der Waals surface area contributed by atoms with E-state index in [1.807, 2.05) is 6.08 Å². The summed E-state index contributed by atoms with van der Waals surface area (Å²) in [4.78, 5) is 24.0. The zero-order chi connectivity index (χ0) is 19.0. The van der Waals surface area contributed by atoms with E-state index in [9.17, 15) is 14.9 Å². The fourth-order valence-corrected chi connectivity index (χ4v) is 7.27. The van der Waals surface area contributed by atoms with Gasteiger partial charge in [0.05, 0.1) is 12.0 Å². The van der Waals surface area contributed by atoms with Crippen LogP contribution >= 0.6 is 0 Å². The third-order valence-corrected chi connectivity index (χ3v) is 8.89. The van der Waals surface area contributed by atoms with Crippen LogP contribution < -0.4 is 0 Å². The van der Waals surface area contributed by atoms with Crippen molar-refractivity contribution in [1.82, 2.24) is 0 Å². The Morgan fingerprint density at radius 2 is 2.00 bits per heavy atom. The molecule has 0 bridgehead atoms. The lowest BCUT2D eigenvalue weighted by Gasteiger charge is -2.56. The molecule has 0 aromatic rings. The van der Waals surface area contributed by atoms with E-state index in [-0.39, 0.29) is 40.0 Å². The van der Waals surface area contributed by atoms with Crippen molar-refractivity contribution in [2.24, 2.45) is 28.6 Å². The van der Waals surface area contributed by atoms with Crippen LogP contribution in [-0.2, 0) is 14.3 Å². The number of hydrogen-bond donors (Lipinski definition) is 0. The summed E-state index contributed by atoms with van der Waals surface area (Å²) in [6.07, 6.45) is 10.6. The molecule has 4 heteroatoms. The summed E-state index contributed by atoms with van der Waals surface area (Å²) in [5.41, 5.74) is 2.07. The zero-order valence-corrected chi connectivity index (χ0v) is 16.2. The number of hydrogen-bond acceptors (Lipinski definition) is 4. The highest BCUT2D eigenvalue weighted by Crippen LogP contribution is 2.68. The van der Waals surface area contributed by atoms with Gasteiger partial charge in [0.2, 0.25) is 0 Å². The SMILES string of the molecule is C[C@]12CCC(=O)C=C1C[C@@H](C#N)[C@@H]1C2=CC[C@@]2(C)[C@H]1CC[C@@]21CCC(=O)O1. The van der Waals surface area contributed by atoms with Gasteiger partial charge in [0.1, 0.15) is 5.60 Å². The Balaban J connectivity index is 1.62. The van der Waals surface area contributed by atoms with Crippen molar-refractivity contribution in [2.45, 2.75) is 70.8 Å². The van der Waals surface area contributed by atoms with Crippen molar-refractivity contribution in [3.63, 3.8) is 0 Å². The van der Waals surface area contributed by atoms with Gasteiger partial charge in [-0.3, -0.25) is 9.59 Å². The first-order valence-corrected chi connectivity index (χ1v) is 10.4. The predicted octanol–water partition coefficient (Wildman–Crippen LogP) is 4.26. The monoisotopic (exact) mass is 365 g/mol. The molecule has 0 amide bonds. The minimum absolute atomic E-state index is 0.0601. The van der Waals surface area contributed by atoms with E-state index in [1.165, 1.54) is 5.57 Å². The molecule has 27 heavy (non-hydrogen) atoms. The quantitative estimate of drug-likeness (QED) is 0.475. The maximum absolute atomic E-state index is 12.0. The molecule has 142 valence electrons. The number of carbonyl (C=O) groups excluding carboxylic acids is 2. The molecule has 1 saturated heterocycles. The number of carbonyl (C=O) groups is 2. The van der Waals surface area contributed by atoms with Crippen LogP contribution in [0.1, 0.15) is 65.2 Å². The van der Waals surface area contributed by atoms with Gasteiger partial charge in [-0.1, -0.05) is 31.1 Å². The first-order valence-electron chi connectivity index (χ1n) is 10.4. The molecule has 0 radical (unpaired) electrons. The van der Waals surface area contributed by atoms with E-state index in [2.05, 4.69) is 26.0 Å². The topological polar surface area (TPSA) is 67.2 Å². The molecule has 3 fully saturated rings. The molecule has 5 rings (SSSR count). The summed E-state index contributed by atoms with van der Waals surface area (Å²) in [5, 5.41) is 10.00. The van der Waals surface area contributed by atoms with Gasteiger partial charge in [0, 0.05) is 29.6 Å². The van der Waals surface area contributed by atoms with Crippen LogP contribution in [0.25, 0.3) is 0 Å². The number of allylic oxidation sites excluding steroid dienone is 4. The third-order valence-electron chi connectivity index (χ3n) is 8.89. The predicted molar refractivity (Wildman–Crippen MR) is 99.2 cm³/mol. The van der Waals surface area contributed by atoms with Gasteiger partial charge < -0.3 is 4.74 Å². The average Bonchev–Trinajstić information content (AvgIpc) is 3.16. The first-order chi connectivity index (χ1) is 12.8. The Hall–Kier alpha value is -1.89. The lowest BCUT2D eigenvalue weighted by molar-refractivity contribution is -0.160. The molecule has 1 aliphatic heterocycles. The van der Waals surface area contributed by atoms with Crippen LogP contribution in [-0.4, -0.2) is 17.4 Å². The van der Waals surface area contributed by atoms with Crippen molar-refractivity contribution < 1.29 is 14.3 Å². The van der Waals surface area contributed by atoms with Crippen LogP contribution in [0.4, 0.5) is 0 Å². The Labute approximate surface area is 160 Å². The maximum Gasteiger partial charge on any atom is 0.306 e. The van der Waals surface area contributed by atoms with E-state index in [1.54, 1.807) is 0 Å². The van der Waals surface area contributed by atoms with Gasteiger partial charge in [0.15, 0.2) is 5.78 Å². The molecule has 1 heterocycles. The maximum atomic E-state index is 12.0. The van der Waals surface area contributed by atoms with Gasteiger partial charge in [-0.05, 0) is 50.5 Å². The highest BCUT2D eigenvalue weighted by molar-refractivity contribution is 5.92. The van der Waals surface area contributed by atoms with Gasteiger partial charge in [-0.15, -0.1) is 0 Å². The summed E-state index contributed by atoms with van der Waals surface area (Å²) in [6, 6.07) is 2.59. The minimum atomic E-state index is -0.337. The van der Waals surface area contributed by atoms with Crippen molar-refractivity contribution >= 4 is 11.8 Å². The Morgan fingerprint density at radius 3 is 2.70 bits per heavy atom. The molecular weight excluding hydrogens is 338 g/mol. The largest absolute Gasteiger partial charge is 0.458 e. The van der Waals surface area contributed by atoms with Gasteiger partial charge in [0.25, 0.3) is 0 Å². The van der Waals surface area contributed by atoms with E-state index in [0.717, 1.165) is 37.7 Å². The number of fused-ring (bicyclic) bond motifs is 6. The van der Waals surface area contributed by atoms with Gasteiger partial charge in [-0.25, -0.2) is 0 Å². The summed E-state index contributed by atoms with van der Waals surface area (Å²) < 4.78 is 5.97. The highest BCUT2D eigenvalue weighted by Gasteiger charge is 2.66. The van der Waals surface area contributed by atoms with E-state index in [4.69, 9.17) is 4.74 Å². The second kappa shape index (κ2) is 5.34. The number of nitriles is 1. The van der Waals surface area contributed by atoms with E-state index < -0.39 is 0 Å². The molecule has 2 saturated carbocycles. The van der Waals surface area contributed by atoms with Crippen molar-refractivity contribution in [3.8, 4) is 6.07 Å². The van der Waals surface area contributed by atoms with Crippen molar-refractivity contribution in [3.05, 3.63) is 23.3 Å². The molecule has 1 spiro atoms. The minimum Gasteiger partial charge on any atom is -0.458 e. The second-order valence-corrected chi connectivity index (χ2v) is 9.83. The zero-order valence-electron chi connectivity index (χ0n) is 16.2. The molecule has 0 aromatic carbocycles. The summed E-state index contributed by atoms with van der Waals surface area (Å²) in [7, 11) is 0. The Morgan fingerprint density at radius 1 is 1.19 bits per heavy atom. The van der Waals surface area contributed by atoms with Crippen molar-refractivity contribution in [1.29, 1.82) is 5.26 Å². The molecule has 0 unspecified atom stereocenters. The molecule has 5 aliphatic rings. The molecule has 4 nitrogen and oxygen atoms in total. The standard InChI is InChI=1S/C23H27NO3/c1-21-7-3-16(25)12-15(21)11-14(13-24)20-17(21)4-8-22(2)18(20)5-9-23(22)10-6-19(26)27-23/h4,12,14,18,20H,3,5-11H2,1-2H3/t14-,18-,20+,21-,22-,23+/m0/s1. The molecule has 0 N–H and O–H groups in total. The molecule has 0 aromatic heterocycles. The highest BCUT2D eigenvalue weighted by atomic mass is 16.6. The second-order valence-electron chi connectivity index (χ2n) is 9.83. The number of esters is 1. The van der Waals surface area contributed by atoms with Crippen LogP contribution in [0, 0.1) is 39.9 Å². The van der Waals surface area contributed by atoms with Crippen LogP contribution in [0.3, 0.4) is 0 Å². The number of ketones is 1. The number of nitrogens with zero attached hydrogens (tertiary/aromatic N) is 1. The average molecular weight is 365 g/mol. The van der Waals surface area contributed by atoms with Gasteiger partial charge >= 0.3 is 5.97 Å². The molecule has 6 atom stereocenters. The van der Waals surface area contributed by atoms with Crippen molar-refractivity contribution in [2.75, 3.05) is 0 Å². The number of ether oxygens (including phenoxy) is 1. The lowest BCUT2D eigenvalue weighted by Crippen LogP contribution is -2.52. The van der Waals surface area contributed by atoms with Gasteiger partial charge in [-0.2, -0.15) is 5.26 Å². The molecular formula is C23H27NO3. The summed E-state index contributed by atoms with van der Waals surface area (Å²) >= 11 is 0. The van der Waals surface area contributed by atoms with E-state index in [0.29, 0.717) is 25.2 Å². The Kier molecular flexibility index (Phi) is 3.41. The fourth-order valence-electron chi connectivity index (χ4n) is 7.27.